The van der Waals surface area contributed by atoms with Crippen molar-refractivity contribution < 1.29 is 9.59 Å². The van der Waals surface area contributed by atoms with E-state index in [2.05, 4.69) is 19.9 Å². The van der Waals surface area contributed by atoms with Gasteiger partial charge in [-0.25, -0.2) is 14.9 Å². The second-order valence-electron chi connectivity index (χ2n) is 5.25. The Morgan fingerprint density at radius 1 is 1.25 bits per heavy atom. The highest BCUT2D eigenvalue weighted by Crippen LogP contribution is 2.33. The molecule has 120 valence electrons. The van der Waals surface area contributed by atoms with Crippen molar-refractivity contribution in [2.75, 3.05) is 10.6 Å². The van der Waals surface area contributed by atoms with Gasteiger partial charge >= 0.3 is 0 Å². The molecule has 1 atom stereocenters. The van der Waals surface area contributed by atoms with E-state index in [4.69, 9.17) is 5.73 Å². The molecule has 24 heavy (non-hydrogen) atoms. The van der Waals surface area contributed by atoms with E-state index in [-0.39, 0.29) is 24.2 Å². The van der Waals surface area contributed by atoms with E-state index in [0.29, 0.717) is 10.8 Å². The third kappa shape index (κ3) is 2.48. The number of nitrogen functional groups attached to an aromatic ring is 1. The number of nitrogens with zero attached hydrogens (tertiary/aromatic N) is 4. The van der Waals surface area contributed by atoms with Crippen LogP contribution in [0, 0.1) is 0 Å². The fraction of sp³-hybridized carbons (Fsp3) is 0.133. The van der Waals surface area contributed by atoms with Crippen LogP contribution in [0.4, 0.5) is 11.6 Å². The Kier molecular flexibility index (Phi) is 3.42. The van der Waals surface area contributed by atoms with Crippen LogP contribution in [0.1, 0.15) is 6.42 Å². The number of aromatic amines is 1. The van der Waals surface area contributed by atoms with Gasteiger partial charge in [0, 0.05) is 18.1 Å². The Morgan fingerprint density at radius 3 is 2.96 bits per heavy atom. The van der Waals surface area contributed by atoms with Crippen molar-refractivity contribution in [2.45, 2.75) is 16.8 Å². The Hall–Kier alpha value is -2.94. The van der Waals surface area contributed by atoms with Crippen LogP contribution in [0.3, 0.4) is 0 Å². The molecule has 2 aromatic heterocycles. The number of carbonyl (C=O) groups is 2. The van der Waals surface area contributed by atoms with Crippen molar-refractivity contribution in [1.82, 2.24) is 19.9 Å². The first-order valence-electron chi connectivity index (χ1n) is 7.17. The van der Waals surface area contributed by atoms with Crippen molar-refractivity contribution >= 4 is 46.1 Å². The molecule has 0 saturated carbocycles. The Labute approximate surface area is 140 Å². The molecule has 3 aromatic rings. The lowest BCUT2D eigenvalue weighted by Crippen LogP contribution is -2.31. The molecule has 0 bridgehead atoms. The van der Waals surface area contributed by atoms with Crippen molar-refractivity contribution in [2.24, 2.45) is 0 Å². The standard InChI is InChI=1S/C15H12N6O2S/c16-14-18-7-19-15(20-14)24-11-6-12(22)21(13(11)23)9-2-1-8-3-4-17-10(8)5-9/h1-5,7,11,17H,6H2,(H2,16,18,19,20). The highest BCUT2D eigenvalue weighted by molar-refractivity contribution is 8.00. The Morgan fingerprint density at radius 2 is 2.12 bits per heavy atom. The minimum Gasteiger partial charge on any atom is -0.368 e. The van der Waals surface area contributed by atoms with Gasteiger partial charge in [-0.15, -0.1) is 0 Å². The number of benzene rings is 1. The van der Waals surface area contributed by atoms with E-state index >= 15 is 0 Å². The van der Waals surface area contributed by atoms with E-state index in [1.54, 1.807) is 12.1 Å². The van der Waals surface area contributed by atoms with Crippen molar-refractivity contribution in [3.05, 3.63) is 36.8 Å². The summed E-state index contributed by atoms with van der Waals surface area (Å²) in [6, 6.07) is 7.35. The molecule has 8 nitrogen and oxygen atoms in total. The molecule has 1 fully saturated rings. The van der Waals surface area contributed by atoms with Gasteiger partial charge in [0.2, 0.25) is 17.8 Å². The first kappa shape index (κ1) is 14.6. The molecular formula is C15H12N6O2S. The number of fused-ring (bicyclic) bond motifs is 1. The van der Waals surface area contributed by atoms with Crippen molar-refractivity contribution in [3.8, 4) is 0 Å². The molecule has 2 amide bonds. The van der Waals surface area contributed by atoms with E-state index in [1.165, 1.54) is 11.2 Å². The van der Waals surface area contributed by atoms with Crippen LogP contribution in [0.2, 0.25) is 0 Å². The van der Waals surface area contributed by atoms with Crippen LogP contribution in [-0.2, 0) is 9.59 Å². The lowest BCUT2D eigenvalue weighted by molar-refractivity contribution is -0.121. The number of nitrogens with two attached hydrogens (primary N) is 1. The van der Waals surface area contributed by atoms with Crippen LogP contribution in [0.25, 0.3) is 10.9 Å². The van der Waals surface area contributed by atoms with E-state index in [0.717, 1.165) is 22.7 Å². The van der Waals surface area contributed by atoms with Gasteiger partial charge in [0.05, 0.1) is 5.69 Å². The van der Waals surface area contributed by atoms with Gasteiger partial charge in [0.15, 0.2) is 5.16 Å². The number of imide groups is 1. The van der Waals surface area contributed by atoms with E-state index in [1.807, 2.05) is 18.3 Å². The van der Waals surface area contributed by atoms with Crippen LogP contribution >= 0.6 is 11.8 Å². The molecule has 9 heteroatoms. The first-order valence-corrected chi connectivity index (χ1v) is 8.05. The zero-order valence-corrected chi connectivity index (χ0v) is 13.2. The third-order valence-electron chi connectivity index (χ3n) is 3.72. The zero-order chi connectivity index (χ0) is 16.7. The summed E-state index contributed by atoms with van der Waals surface area (Å²) in [5.41, 5.74) is 6.94. The Balaban J connectivity index is 1.61. The van der Waals surface area contributed by atoms with Gasteiger partial charge in [-0.05, 0) is 23.6 Å². The predicted molar refractivity (Wildman–Crippen MR) is 89.3 cm³/mol. The summed E-state index contributed by atoms with van der Waals surface area (Å²) >= 11 is 1.12. The highest BCUT2D eigenvalue weighted by atomic mass is 32.2. The van der Waals surface area contributed by atoms with Crippen LogP contribution < -0.4 is 10.6 Å². The molecule has 0 aliphatic carbocycles. The average molecular weight is 340 g/mol. The highest BCUT2D eigenvalue weighted by Gasteiger charge is 2.40. The number of carbonyl (C=O) groups excluding carboxylic acids is 2. The molecule has 3 heterocycles. The smallest absolute Gasteiger partial charge is 0.247 e. The van der Waals surface area contributed by atoms with Crippen LogP contribution in [0.15, 0.2) is 41.9 Å². The van der Waals surface area contributed by atoms with Crippen molar-refractivity contribution in [3.63, 3.8) is 0 Å². The van der Waals surface area contributed by atoms with Crippen LogP contribution in [0.5, 0.6) is 0 Å². The number of hydrogen-bond acceptors (Lipinski definition) is 7. The number of anilines is 2. The van der Waals surface area contributed by atoms with E-state index in [9.17, 15) is 9.59 Å². The first-order chi connectivity index (χ1) is 11.6. The second-order valence-corrected chi connectivity index (χ2v) is 6.42. The molecule has 0 spiro atoms. The zero-order valence-electron chi connectivity index (χ0n) is 12.3. The number of nitrogens with one attached hydrogen (secondary N) is 1. The molecule has 1 aromatic carbocycles. The number of rotatable bonds is 3. The maximum absolute atomic E-state index is 12.7. The summed E-state index contributed by atoms with van der Waals surface area (Å²) in [4.78, 5) is 40.9. The lowest BCUT2D eigenvalue weighted by atomic mass is 10.2. The minimum absolute atomic E-state index is 0.0818. The molecule has 4 rings (SSSR count). The second kappa shape index (κ2) is 5.60. The average Bonchev–Trinajstić information content (AvgIpc) is 3.12. The van der Waals surface area contributed by atoms with Gasteiger partial charge in [-0.2, -0.15) is 4.98 Å². The molecule has 0 radical (unpaired) electrons. The van der Waals surface area contributed by atoms with Gasteiger partial charge in [0.25, 0.3) is 0 Å². The number of H-pyrrole nitrogens is 1. The minimum atomic E-state index is -0.571. The van der Waals surface area contributed by atoms with Crippen LogP contribution in [-0.4, -0.2) is 37.0 Å². The third-order valence-corrected chi connectivity index (χ3v) is 4.78. The lowest BCUT2D eigenvalue weighted by Gasteiger charge is -2.14. The summed E-state index contributed by atoms with van der Waals surface area (Å²) in [6.07, 6.45) is 3.19. The SMILES string of the molecule is Nc1ncnc(SC2CC(=O)N(c3ccc4cc[nH]c4c3)C2=O)n1. The fourth-order valence-electron chi connectivity index (χ4n) is 2.62. The van der Waals surface area contributed by atoms with Gasteiger partial charge in [-0.1, -0.05) is 17.8 Å². The molecule has 1 aliphatic heterocycles. The number of thioether (sulfide) groups is 1. The fourth-order valence-corrected chi connectivity index (χ4v) is 3.56. The monoisotopic (exact) mass is 340 g/mol. The topological polar surface area (TPSA) is 118 Å². The Bertz CT molecular complexity index is 956. The summed E-state index contributed by atoms with van der Waals surface area (Å²) in [7, 11) is 0. The molecule has 1 saturated heterocycles. The summed E-state index contributed by atoms with van der Waals surface area (Å²) in [5, 5.41) is 0.776. The number of aromatic nitrogens is 4. The van der Waals surface area contributed by atoms with E-state index < -0.39 is 5.25 Å². The quantitative estimate of drug-likeness (QED) is 0.691. The van der Waals surface area contributed by atoms with Gasteiger partial charge in [-0.3, -0.25) is 9.59 Å². The maximum Gasteiger partial charge on any atom is 0.247 e. The molecule has 3 N–H and O–H groups in total. The number of amides is 2. The van der Waals surface area contributed by atoms with Gasteiger partial charge in [0.1, 0.15) is 11.6 Å². The summed E-state index contributed by atoms with van der Waals surface area (Å²) < 4.78 is 0. The van der Waals surface area contributed by atoms with Crippen molar-refractivity contribution in [1.29, 1.82) is 0 Å². The predicted octanol–water partition coefficient (Wildman–Crippen LogP) is 1.36. The molecular weight excluding hydrogens is 328 g/mol. The molecule has 1 unspecified atom stereocenters. The maximum atomic E-state index is 12.7. The van der Waals surface area contributed by atoms with Gasteiger partial charge < -0.3 is 10.7 Å². The normalized spacial score (nSPS) is 17.8. The summed E-state index contributed by atoms with van der Waals surface area (Å²) in [6.45, 7) is 0. The number of hydrogen-bond donors (Lipinski definition) is 2. The molecule has 1 aliphatic rings. The largest absolute Gasteiger partial charge is 0.368 e. The summed E-state index contributed by atoms with van der Waals surface area (Å²) in [5.74, 6) is -0.446.